The average molecular weight is 798 g/mol. The molecule has 314 valence electrons. The van der Waals surface area contributed by atoms with Crippen LogP contribution in [0.25, 0.3) is 0 Å². The van der Waals surface area contributed by atoms with Gasteiger partial charge in [0, 0.05) is 36.2 Å². The minimum Gasteiger partial charge on any atom is -0.459 e. The van der Waals surface area contributed by atoms with Crippen molar-refractivity contribution >= 4 is 29.1 Å². The van der Waals surface area contributed by atoms with Crippen LogP contribution >= 0.6 is 0 Å². The van der Waals surface area contributed by atoms with Gasteiger partial charge in [0.15, 0.2) is 12.1 Å². The molecule has 2 N–H and O–H groups in total. The van der Waals surface area contributed by atoms with Gasteiger partial charge in [-0.2, -0.15) is 5.26 Å². The number of fused-ring (bicyclic) bond motifs is 4. The molecule has 1 unspecified atom stereocenters. The number of rotatable bonds is 6. The van der Waals surface area contributed by atoms with Crippen molar-refractivity contribution in [1.82, 2.24) is 9.88 Å². The third kappa shape index (κ3) is 9.62. The molecule has 1 aromatic heterocycles. The molecule has 0 spiro atoms. The van der Waals surface area contributed by atoms with Crippen molar-refractivity contribution in [1.29, 1.82) is 5.26 Å². The number of pyridine rings is 1. The third-order valence-corrected chi connectivity index (χ3v) is 12.0. The van der Waals surface area contributed by atoms with E-state index in [1.54, 1.807) is 39.8 Å². The van der Waals surface area contributed by atoms with Crippen molar-refractivity contribution in [2.24, 2.45) is 33.8 Å². The minimum atomic E-state index is -1.85. The lowest BCUT2D eigenvalue weighted by Crippen LogP contribution is -2.60. The quantitative estimate of drug-likeness (QED) is 0.313. The number of hydrogen-bond donors (Lipinski definition) is 2. The number of ether oxygens (including phenoxy) is 5. The van der Waals surface area contributed by atoms with Gasteiger partial charge in [-0.1, -0.05) is 38.9 Å². The zero-order valence-electron chi connectivity index (χ0n) is 34.7. The summed E-state index contributed by atoms with van der Waals surface area (Å²) < 4.78 is 32.2. The fourth-order valence-electron chi connectivity index (χ4n) is 8.76. The van der Waals surface area contributed by atoms with Crippen molar-refractivity contribution in [2.75, 3.05) is 27.3 Å². The van der Waals surface area contributed by atoms with E-state index in [0.717, 1.165) is 0 Å². The highest BCUT2D eigenvalue weighted by Gasteiger charge is 2.53. The largest absolute Gasteiger partial charge is 0.459 e. The molecular formula is C41H59N5O11. The summed E-state index contributed by atoms with van der Waals surface area (Å²) in [5, 5.41) is 37.6. The summed E-state index contributed by atoms with van der Waals surface area (Å²) >= 11 is 0. The van der Waals surface area contributed by atoms with E-state index in [1.165, 1.54) is 20.0 Å². The lowest BCUT2D eigenvalue weighted by atomic mass is 9.73. The molecule has 16 nitrogen and oxygen atoms in total. The highest BCUT2D eigenvalue weighted by molar-refractivity contribution is 6.01. The number of aliphatic hydroxyl groups is 2. The predicted molar refractivity (Wildman–Crippen MR) is 206 cm³/mol. The molecular weight excluding hydrogens is 738 g/mol. The van der Waals surface area contributed by atoms with Crippen LogP contribution in [0.4, 0.5) is 0 Å². The van der Waals surface area contributed by atoms with Gasteiger partial charge in [-0.05, 0) is 78.6 Å². The number of likely N-dealkylation sites (N-methyl/N-ethyl adjacent to an activating group) is 1. The maximum absolute atomic E-state index is 14.4. The van der Waals surface area contributed by atoms with Crippen molar-refractivity contribution in [3.63, 3.8) is 0 Å². The van der Waals surface area contributed by atoms with E-state index >= 15 is 0 Å². The van der Waals surface area contributed by atoms with Crippen LogP contribution in [0.2, 0.25) is 0 Å². The molecule has 4 aliphatic heterocycles. The van der Waals surface area contributed by atoms with Crippen LogP contribution in [0.1, 0.15) is 85.9 Å². The molecule has 0 aromatic carbocycles. The van der Waals surface area contributed by atoms with Crippen LogP contribution in [0.3, 0.4) is 0 Å². The van der Waals surface area contributed by atoms with Gasteiger partial charge >= 0.3 is 5.97 Å². The Kier molecular flexibility index (Phi) is 14.1. The number of Topliss-reactive ketones (excluding diaryl/α,β-unsaturated/α-hetero) is 1. The molecule has 3 saturated heterocycles. The van der Waals surface area contributed by atoms with Crippen LogP contribution in [0.15, 0.2) is 28.5 Å². The number of ketones is 1. The van der Waals surface area contributed by atoms with Gasteiger partial charge in [-0.25, -0.2) is 9.98 Å². The Bertz CT molecular complexity index is 1730. The summed E-state index contributed by atoms with van der Waals surface area (Å²) in [7, 11) is 3.72. The van der Waals surface area contributed by atoms with Gasteiger partial charge < -0.3 is 43.6 Å². The molecule has 57 heavy (non-hydrogen) atoms. The zero-order chi connectivity index (χ0) is 42.0. The zero-order valence-corrected chi connectivity index (χ0v) is 34.7. The second kappa shape index (κ2) is 18.1. The number of aliphatic imine (C=N–C) groups is 1. The van der Waals surface area contributed by atoms with E-state index in [4.69, 9.17) is 33.5 Å². The standard InChI is InChI=1S/C41H59N5O11/c1-11-31-41(8,51)36-23(4)32-21(2)16-40(7,53-20-28(19-52-36)45-57-30(37(49)44-32)15-26-12-13-27(17-42)43-18-26)35(24(5)33(47)25(6)38(50)55-31)56-39-34(48)29(46(9)10)14-22(3)54-39/h12-13,18,21-25,29-31,34-36,39,48,51H,11,14-16,19-20H2,1-10H3/b44-32?,45-28-/t21-,22-,23+,24+,25-,29+,30?,31-,34-,35-,36-,39+,40-,41-/m1/s1. The number of esters is 1. The highest BCUT2D eigenvalue weighted by Crippen LogP contribution is 2.40. The second-order valence-electron chi connectivity index (χ2n) is 16.8. The summed E-state index contributed by atoms with van der Waals surface area (Å²) in [5.41, 5.74) is -1.85. The smallest absolute Gasteiger partial charge is 0.316 e. The third-order valence-electron chi connectivity index (χ3n) is 12.0. The van der Waals surface area contributed by atoms with E-state index < -0.39 is 89.3 Å². The Labute approximate surface area is 334 Å². The Morgan fingerprint density at radius 2 is 1.79 bits per heavy atom. The summed E-state index contributed by atoms with van der Waals surface area (Å²) in [4.78, 5) is 59.2. The summed E-state index contributed by atoms with van der Waals surface area (Å²) in [6, 6.07) is 4.88. The number of amides is 1. The van der Waals surface area contributed by atoms with Crippen LogP contribution < -0.4 is 0 Å². The Morgan fingerprint density at radius 3 is 2.42 bits per heavy atom. The summed E-state index contributed by atoms with van der Waals surface area (Å²) in [5.74, 6) is -5.60. The number of oxime groups is 1. The van der Waals surface area contributed by atoms with E-state index in [1.807, 2.05) is 38.9 Å². The second-order valence-corrected chi connectivity index (χ2v) is 16.8. The number of aromatic nitrogens is 1. The van der Waals surface area contributed by atoms with Crippen molar-refractivity contribution < 1.29 is 53.1 Å². The number of hydrogen-bond acceptors (Lipinski definition) is 15. The first-order valence-electron chi connectivity index (χ1n) is 19.9. The molecule has 4 aliphatic rings. The van der Waals surface area contributed by atoms with Gasteiger partial charge in [-0.15, -0.1) is 0 Å². The molecule has 1 aromatic rings. The van der Waals surface area contributed by atoms with Gasteiger partial charge in [-0.3, -0.25) is 14.4 Å². The lowest BCUT2D eigenvalue weighted by Gasteiger charge is -2.47. The van der Waals surface area contributed by atoms with E-state index in [0.29, 0.717) is 17.7 Å². The first kappa shape index (κ1) is 44.4. The van der Waals surface area contributed by atoms with Crippen LogP contribution in [-0.2, 0) is 49.3 Å². The van der Waals surface area contributed by atoms with Crippen LogP contribution in [0, 0.1) is 35.0 Å². The molecule has 0 saturated carbocycles. The van der Waals surface area contributed by atoms with E-state index in [-0.39, 0.29) is 56.0 Å². The molecule has 14 atom stereocenters. The normalized spacial score (nSPS) is 40.7. The van der Waals surface area contributed by atoms with Crippen molar-refractivity contribution in [2.45, 2.75) is 141 Å². The van der Waals surface area contributed by atoms with Crippen LogP contribution in [0.5, 0.6) is 0 Å². The number of carbonyl (C=O) groups excluding carboxylic acids is 3. The number of carbonyl (C=O) groups is 3. The van der Waals surface area contributed by atoms with Gasteiger partial charge in [0.25, 0.3) is 5.91 Å². The SMILES string of the molecule is CC[C@H]1OC(=O)[C@H](C)C(=O)[C@H](C)[C@@H](O[C@@H]2O[C@H](C)C[C@H](N(C)C)[C@H]2O)[C@@]2(C)C[C@@H](C)C3=NC(=O)C(Cc4ccc(C#N)nc4)O/N=C(/CO[C@H]([C@H]3C)[C@]1(C)O)CO2. The fourth-order valence-corrected chi connectivity index (χ4v) is 8.76. The Hall–Kier alpha value is -3.69. The molecule has 4 bridgehead atoms. The molecule has 0 aliphatic carbocycles. The van der Waals surface area contributed by atoms with Gasteiger partial charge in [0.2, 0.25) is 6.10 Å². The minimum absolute atomic E-state index is 0.0338. The Morgan fingerprint density at radius 1 is 1.07 bits per heavy atom. The monoisotopic (exact) mass is 797 g/mol. The van der Waals surface area contributed by atoms with Crippen molar-refractivity contribution in [3.8, 4) is 6.07 Å². The van der Waals surface area contributed by atoms with Gasteiger partial charge in [0.1, 0.15) is 41.2 Å². The number of nitrogens with zero attached hydrogens (tertiary/aromatic N) is 5. The van der Waals surface area contributed by atoms with E-state index in [9.17, 15) is 29.9 Å². The first-order valence-corrected chi connectivity index (χ1v) is 19.9. The number of nitriles is 1. The molecule has 16 heteroatoms. The maximum Gasteiger partial charge on any atom is 0.316 e. The average Bonchev–Trinajstić information content (AvgIpc) is 3.20. The number of cyclic esters (lactones) is 1. The fraction of sp³-hybridized carbons (Fsp3) is 0.732. The topological polar surface area (TPSA) is 212 Å². The van der Waals surface area contributed by atoms with Gasteiger partial charge in [0.05, 0.1) is 37.1 Å². The molecule has 5 rings (SSSR count). The molecule has 1 amide bonds. The summed E-state index contributed by atoms with van der Waals surface area (Å²) in [6.45, 7) is 13.3. The van der Waals surface area contributed by atoms with Crippen molar-refractivity contribution in [3.05, 3.63) is 29.6 Å². The summed E-state index contributed by atoms with van der Waals surface area (Å²) in [6.07, 6.45) is -4.79. The molecule has 3 fully saturated rings. The highest BCUT2D eigenvalue weighted by atomic mass is 16.7. The van der Waals surface area contributed by atoms with E-state index in [2.05, 4.69) is 10.1 Å². The lowest BCUT2D eigenvalue weighted by molar-refractivity contribution is -0.296. The Balaban J connectivity index is 1.69. The van der Waals surface area contributed by atoms with Crippen LogP contribution in [-0.4, -0.2) is 137 Å². The molecule has 5 heterocycles. The molecule has 0 radical (unpaired) electrons. The first-order chi connectivity index (χ1) is 26.8. The maximum atomic E-state index is 14.4. The predicted octanol–water partition coefficient (Wildman–Crippen LogP) is 2.79. The number of aliphatic hydroxyl groups excluding tert-OH is 1.